The number of sulfonamides is 1. The molecule has 0 spiro atoms. The highest BCUT2D eigenvalue weighted by Crippen LogP contribution is 2.32. The fourth-order valence-corrected chi connectivity index (χ4v) is 5.50. The van der Waals surface area contributed by atoms with Crippen LogP contribution in [0.15, 0.2) is 57.6 Å². The molecule has 37 heavy (non-hydrogen) atoms. The third kappa shape index (κ3) is 5.83. The Morgan fingerprint density at radius 1 is 1.14 bits per heavy atom. The molecule has 2 heterocycles. The maximum Gasteiger partial charge on any atom is 0.409 e. The summed E-state index contributed by atoms with van der Waals surface area (Å²) in [5, 5.41) is 10.5. The number of carbonyl (C=O) groups excluding carboxylic acids is 2. The predicted octanol–water partition coefficient (Wildman–Crippen LogP) is 2.60. The van der Waals surface area contributed by atoms with Crippen molar-refractivity contribution in [3.8, 4) is 0 Å². The fraction of sp³-hybridized carbons (Fsp3) is 0.417. The molecule has 0 saturated carbocycles. The summed E-state index contributed by atoms with van der Waals surface area (Å²) in [4.78, 5) is 26.1. The first-order chi connectivity index (χ1) is 17.7. The van der Waals surface area contributed by atoms with Crippen molar-refractivity contribution in [2.24, 2.45) is 5.92 Å². The molecule has 198 valence electrons. The summed E-state index contributed by atoms with van der Waals surface area (Å²) in [5.74, 6) is 0.499. The van der Waals surface area contributed by atoms with Crippen molar-refractivity contribution in [1.82, 2.24) is 19.4 Å². The number of allylic oxidation sites excluding steroid dienone is 3. The van der Waals surface area contributed by atoms with Gasteiger partial charge in [0.1, 0.15) is 5.76 Å². The highest BCUT2D eigenvalue weighted by atomic mass is 32.2. The van der Waals surface area contributed by atoms with Crippen molar-refractivity contribution in [3.63, 3.8) is 0 Å². The maximum atomic E-state index is 13.0. The van der Waals surface area contributed by atoms with E-state index in [1.165, 1.54) is 33.5 Å². The van der Waals surface area contributed by atoms with E-state index < -0.39 is 22.0 Å². The summed E-state index contributed by atoms with van der Waals surface area (Å²) in [5.41, 5.74) is 0.226. The standard InChI is InChI=1S/C24H29N5O7S/c1-4-35-24(31)28-11-13-29(14-12-28)37(32,33)19-8-5-17(6-9-19)21(30)25-23-27-26-22(36-23)20-10-7-18(34-3)15-16(20)2/h5-10,15-16,20H,4,11-14H2,1-3H3,(H,25,27,30). The van der Waals surface area contributed by atoms with Crippen LogP contribution in [0.1, 0.15) is 36.0 Å². The first-order valence-corrected chi connectivity index (χ1v) is 13.3. The smallest absolute Gasteiger partial charge is 0.409 e. The van der Waals surface area contributed by atoms with Crippen LogP contribution in [-0.2, 0) is 19.5 Å². The molecule has 1 aliphatic carbocycles. The number of ether oxygens (including phenoxy) is 2. The minimum absolute atomic E-state index is 0.0512. The monoisotopic (exact) mass is 531 g/mol. The lowest BCUT2D eigenvalue weighted by Gasteiger charge is -2.33. The molecule has 1 saturated heterocycles. The molecule has 2 aliphatic rings. The average molecular weight is 532 g/mol. The predicted molar refractivity (Wildman–Crippen MR) is 132 cm³/mol. The molecular formula is C24H29N5O7S. The third-order valence-electron chi connectivity index (χ3n) is 6.16. The first kappa shape index (κ1) is 26.4. The van der Waals surface area contributed by atoms with E-state index in [2.05, 4.69) is 15.5 Å². The van der Waals surface area contributed by atoms with Crippen LogP contribution in [0.5, 0.6) is 0 Å². The molecule has 2 atom stereocenters. The normalized spacial score (nSPS) is 20.3. The largest absolute Gasteiger partial charge is 0.497 e. The highest BCUT2D eigenvalue weighted by molar-refractivity contribution is 7.89. The second kappa shape index (κ2) is 11.1. The zero-order valence-electron chi connectivity index (χ0n) is 20.8. The Morgan fingerprint density at radius 3 is 2.46 bits per heavy atom. The molecule has 1 aromatic carbocycles. The van der Waals surface area contributed by atoms with E-state index in [0.29, 0.717) is 5.89 Å². The highest BCUT2D eigenvalue weighted by Gasteiger charge is 2.31. The van der Waals surface area contributed by atoms with E-state index in [-0.39, 0.29) is 61.1 Å². The maximum absolute atomic E-state index is 13.0. The van der Waals surface area contributed by atoms with Crippen LogP contribution < -0.4 is 5.32 Å². The molecule has 1 aromatic heterocycles. The number of piperazine rings is 1. The number of nitrogens with one attached hydrogen (secondary N) is 1. The average Bonchev–Trinajstić information content (AvgIpc) is 3.36. The minimum atomic E-state index is -3.78. The summed E-state index contributed by atoms with van der Waals surface area (Å²) in [6.07, 6.45) is 5.22. The van der Waals surface area contributed by atoms with Crippen LogP contribution in [0.2, 0.25) is 0 Å². The van der Waals surface area contributed by atoms with E-state index in [1.807, 2.05) is 25.2 Å². The van der Waals surface area contributed by atoms with Gasteiger partial charge in [-0.3, -0.25) is 10.1 Å². The second-order valence-corrected chi connectivity index (χ2v) is 10.5. The van der Waals surface area contributed by atoms with Gasteiger partial charge >= 0.3 is 12.1 Å². The van der Waals surface area contributed by atoms with Crippen LogP contribution in [-0.4, -0.2) is 79.7 Å². The van der Waals surface area contributed by atoms with Gasteiger partial charge in [-0.25, -0.2) is 13.2 Å². The van der Waals surface area contributed by atoms with Crippen molar-refractivity contribution in [1.29, 1.82) is 0 Å². The number of hydrogen-bond acceptors (Lipinski definition) is 9. The van der Waals surface area contributed by atoms with Gasteiger partial charge in [0, 0.05) is 31.7 Å². The van der Waals surface area contributed by atoms with Gasteiger partial charge in [0.2, 0.25) is 15.9 Å². The molecular weight excluding hydrogens is 502 g/mol. The van der Waals surface area contributed by atoms with Crippen LogP contribution in [0.3, 0.4) is 0 Å². The van der Waals surface area contributed by atoms with Gasteiger partial charge in [0.25, 0.3) is 5.91 Å². The zero-order valence-corrected chi connectivity index (χ0v) is 21.6. The Bertz CT molecular complexity index is 1290. The van der Waals surface area contributed by atoms with Crippen LogP contribution >= 0.6 is 0 Å². The Morgan fingerprint density at radius 2 is 1.84 bits per heavy atom. The summed E-state index contributed by atoms with van der Waals surface area (Å²) in [7, 11) is -2.19. The number of rotatable bonds is 7. The Labute approximate surface area is 215 Å². The van der Waals surface area contributed by atoms with Crippen molar-refractivity contribution < 1.29 is 31.9 Å². The fourth-order valence-electron chi connectivity index (χ4n) is 4.08. The Hall–Kier alpha value is -3.71. The van der Waals surface area contributed by atoms with Gasteiger partial charge in [0.15, 0.2) is 0 Å². The summed E-state index contributed by atoms with van der Waals surface area (Å²) in [6, 6.07) is 5.51. The number of amides is 2. The number of methoxy groups -OCH3 is 1. The lowest BCUT2D eigenvalue weighted by atomic mass is 9.89. The van der Waals surface area contributed by atoms with Gasteiger partial charge in [0.05, 0.1) is 24.5 Å². The van der Waals surface area contributed by atoms with Gasteiger partial charge in [-0.05, 0) is 49.3 Å². The quantitative estimate of drug-likeness (QED) is 0.570. The Balaban J connectivity index is 1.36. The lowest BCUT2D eigenvalue weighted by molar-refractivity contribution is 0.0933. The summed E-state index contributed by atoms with van der Waals surface area (Å²) >= 11 is 0. The molecule has 0 radical (unpaired) electrons. The number of benzene rings is 1. The molecule has 2 aromatic rings. The van der Waals surface area contributed by atoms with Crippen molar-refractivity contribution in [2.75, 3.05) is 45.2 Å². The molecule has 2 unspecified atom stereocenters. The molecule has 12 nitrogen and oxygen atoms in total. The van der Waals surface area contributed by atoms with Crippen LogP contribution in [0.4, 0.5) is 10.8 Å². The number of nitrogens with zero attached hydrogens (tertiary/aromatic N) is 4. The van der Waals surface area contributed by atoms with Gasteiger partial charge in [-0.1, -0.05) is 18.1 Å². The summed E-state index contributed by atoms with van der Waals surface area (Å²) < 4.78 is 43.2. The number of anilines is 1. The van der Waals surface area contributed by atoms with E-state index in [0.717, 1.165) is 5.76 Å². The Kier molecular flexibility index (Phi) is 7.93. The molecule has 1 aliphatic heterocycles. The second-order valence-electron chi connectivity index (χ2n) is 8.53. The van der Waals surface area contributed by atoms with E-state index in [4.69, 9.17) is 13.9 Å². The van der Waals surface area contributed by atoms with Crippen LogP contribution in [0, 0.1) is 5.92 Å². The van der Waals surface area contributed by atoms with Crippen molar-refractivity contribution >= 4 is 28.0 Å². The summed E-state index contributed by atoms with van der Waals surface area (Å²) in [6.45, 7) is 4.75. The topological polar surface area (TPSA) is 144 Å². The number of hydrogen-bond donors (Lipinski definition) is 1. The van der Waals surface area contributed by atoms with Crippen LogP contribution in [0.25, 0.3) is 0 Å². The third-order valence-corrected chi connectivity index (χ3v) is 8.08. The van der Waals surface area contributed by atoms with Gasteiger partial charge in [-0.2, -0.15) is 4.31 Å². The SMILES string of the molecule is CCOC(=O)N1CCN(S(=O)(=O)c2ccc(C(=O)Nc3nnc(C4C=CC(OC)=CC4C)o3)cc2)CC1. The first-order valence-electron chi connectivity index (χ1n) is 11.8. The van der Waals surface area contributed by atoms with E-state index >= 15 is 0 Å². The lowest BCUT2D eigenvalue weighted by Crippen LogP contribution is -2.50. The molecule has 4 rings (SSSR count). The van der Waals surface area contributed by atoms with E-state index in [9.17, 15) is 18.0 Å². The van der Waals surface area contributed by atoms with E-state index in [1.54, 1.807) is 14.0 Å². The minimum Gasteiger partial charge on any atom is -0.497 e. The molecule has 2 amide bonds. The molecule has 1 N–H and O–H groups in total. The van der Waals surface area contributed by atoms with Gasteiger partial charge < -0.3 is 18.8 Å². The molecule has 0 bridgehead atoms. The number of carbonyl (C=O) groups is 2. The molecule has 1 fully saturated rings. The molecule has 13 heteroatoms. The van der Waals surface area contributed by atoms with Gasteiger partial charge in [-0.15, -0.1) is 5.10 Å². The number of aromatic nitrogens is 2. The van der Waals surface area contributed by atoms with Crippen molar-refractivity contribution in [3.05, 3.63) is 59.7 Å². The van der Waals surface area contributed by atoms with Crippen molar-refractivity contribution in [2.45, 2.75) is 24.7 Å². The zero-order chi connectivity index (χ0) is 26.6.